The number of nitrogens with zero attached hydrogens (tertiary/aromatic N) is 3. The van der Waals surface area contributed by atoms with E-state index in [9.17, 15) is 0 Å². The summed E-state index contributed by atoms with van der Waals surface area (Å²) in [6, 6.07) is 69.6. The van der Waals surface area contributed by atoms with Gasteiger partial charge >= 0.3 is 0 Å². The maximum absolute atomic E-state index is 6.74. The van der Waals surface area contributed by atoms with Crippen LogP contribution in [0.3, 0.4) is 0 Å². The fourth-order valence-electron chi connectivity index (χ4n) is 8.03. The van der Waals surface area contributed by atoms with Gasteiger partial charge in [0.2, 0.25) is 0 Å². The first-order valence-corrected chi connectivity index (χ1v) is 19.2. The molecule has 0 aliphatic heterocycles. The normalized spacial score (nSPS) is 11.5. The third kappa shape index (κ3) is 5.83. The molecule has 0 amide bonds. The summed E-state index contributed by atoms with van der Waals surface area (Å²) < 4.78 is 6.74. The summed E-state index contributed by atoms with van der Waals surface area (Å²) in [5, 5.41) is 5.31. The quantitative estimate of drug-likeness (QED) is 0.171. The number of pyridine rings is 1. The maximum atomic E-state index is 6.74. The van der Waals surface area contributed by atoms with Gasteiger partial charge in [0.15, 0.2) is 5.82 Å². The Morgan fingerprint density at radius 1 is 0.351 bits per heavy atom. The predicted molar refractivity (Wildman–Crippen MR) is 235 cm³/mol. The fraction of sp³-hybridized carbons (Fsp3) is 0. The molecule has 4 nitrogen and oxygen atoms in total. The van der Waals surface area contributed by atoms with Crippen LogP contribution in [0, 0.1) is 0 Å². The Morgan fingerprint density at radius 3 is 1.61 bits per heavy atom. The molecule has 0 unspecified atom stereocenters. The van der Waals surface area contributed by atoms with Crippen LogP contribution in [-0.4, -0.2) is 15.0 Å². The molecule has 0 saturated heterocycles. The average Bonchev–Trinajstić information content (AvgIpc) is 3.69. The highest BCUT2D eigenvalue weighted by Crippen LogP contribution is 2.42. The molecule has 0 spiro atoms. The molecule has 0 N–H and O–H groups in total. The van der Waals surface area contributed by atoms with Gasteiger partial charge in [-0.15, -0.1) is 0 Å². The van der Waals surface area contributed by atoms with Gasteiger partial charge in [-0.3, -0.25) is 0 Å². The predicted octanol–water partition coefficient (Wildman–Crippen LogP) is 14.1. The first-order valence-electron chi connectivity index (χ1n) is 19.2. The Balaban J connectivity index is 1.09. The van der Waals surface area contributed by atoms with Crippen molar-refractivity contribution in [1.29, 1.82) is 0 Å². The van der Waals surface area contributed by atoms with Crippen molar-refractivity contribution in [2.45, 2.75) is 0 Å². The molecule has 11 rings (SSSR count). The minimum atomic E-state index is 0.660. The number of rotatable bonds is 6. The summed E-state index contributed by atoms with van der Waals surface area (Å²) >= 11 is 0. The molecule has 3 heterocycles. The lowest BCUT2D eigenvalue weighted by atomic mass is 9.97. The van der Waals surface area contributed by atoms with Crippen LogP contribution < -0.4 is 0 Å². The van der Waals surface area contributed by atoms with Crippen LogP contribution in [0.2, 0.25) is 0 Å². The van der Waals surface area contributed by atoms with Crippen LogP contribution in [0.15, 0.2) is 205 Å². The molecule has 0 atom stereocenters. The Kier molecular flexibility index (Phi) is 7.78. The van der Waals surface area contributed by atoms with E-state index in [0.29, 0.717) is 5.82 Å². The molecule has 11 aromatic rings. The third-order valence-corrected chi connectivity index (χ3v) is 10.9. The summed E-state index contributed by atoms with van der Waals surface area (Å²) in [5.41, 5.74) is 13.7. The van der Waals surface area contributed by atoms with E-state index in [4.69, 9.17) is 19.4 Å². The number of hydrogen-bond donors (Lipinski definition) is 0. The van der Waals surface area contributed by atoms with Crippen molar-refractivity contribution in [3.63, 3.8) is 0 Å². The SMILES string of the molecule is c1ccc(-c2ccc(-c3cc(-c4ccc5nc(-c6cccc7ccccc67)c6c7ccccc7oc6c5c4)nc(-c4ccc(-c5ccccc5)cc4)n3)cc2)cc1. The summed E-state index contributed by atoms with van der Waals surface area (Å²) in [7, 11) is 0. The molecule has 0 saturated carbocycles. The van der Waals surface area contributed by atoms with Crippen molar-refractivity contribution in [1.82, 2.24) is 15.0 Å². The van der Waals surface area contributed by atoms with E-state index in [1.54, 1.807) is 0 Å². The second-order valence-corrected chi connectivity index (χ2v) is 14.4. The van der Waals surface area contributed by atoms with Crippen molar-refractivity contribution in [3.8, 4) is 67.4 Å². The van der Waals surface area contributed by atoms with Gasteiger partial charge in [-0.25, -0.2) is 15.0 Å². The number of furan rings is 1. The molecule has 0 radical (unpaired) electrons. The summed E-state index contributed by atoms with van der Waals surface area (Å²) in [6.07, 6.45) is 0. The van der Waals surface area contributed by atoms with E-state index < -0.39 is 0 Å². The molecule has 57 heavy (non-hydrogen) atoms. The van der Waals surface area contributed by atoms with Gasteiger partial charge in [-0.1, -0.05) is 176 Å². The van der Waals surface area contributed by atoms with Crippen LogP contribution >= 0.6 is 0 Å². The standard InChI is InChI=1S/C53H33N3O/c1-3-12-34(13-4-1)36-22-26-39(27-23-36)47-33-48(56-53(55-47)40-28-24-37(25-29-40)35-14-5-2-6-15-35)41-30-31-46-45(32-41)52-50(44-19-9-10-21-49(44)57-52)51(54-46)43-20-11-17-38-16-7-8-18-42(38)43/h1-33H. The molecule has 0 fully saturated rings. The number of benzene rings is 8. The maximum Gasteiger partial charge on any atom is 0.160 e. The van der Waals surface area contributed by atoms with Gasteiger partial charge in [0, 0.05) is 33.0 Å². The Labute approximate surface area is 329 Å². The number of aromatic nitrogens is 3. The van der Waals surface area contributed by atoms with Crippen molar-refractivity contribution < 1.29 is 4.42 Å². The zero-order valence-electron chi connectivity index (χ0n) is 30.8. The Hall–Kier alpha value is -7.69. The lowest BCUT2D eigenvalue weighted by molar-refractivity contribution is 0.672. The van der Waals surface area contributed by atoms with Gasteiger partial charge < -0.3 is 4.42 Å². The first kappa shape index (κ1) is 32.7. The van der Waals surface area contributed by atoms with E-state index in [1.807, 2.05) is 24.3 Å². The highest BCUT2D eigenvalue weighted by atomic mass is 16.3. The largest absolute Gasteiger partial charge is 0.455 e. The molecular weight excluding hydrogens is 695 g/mol. The first-order chi connectivity index (χ1) is 28.2. The van der Waals surface area contributed by atoms with Gasteiger partial charge in [-0.05, 0) is 57.3 Å². The molecule has 0 aliphatic carbocycles. The molecule has 8 aromatic carbocycles. The summed E-state index contributed by atoms with van der Waals surface area (Å²) in [5.74, 6) is 0.660. The van der Waals surface area contributed by atoms with Crippen LogP contribution in [0.4, 0.5) is 0 Å². The van der Waals surface area contributed by atoms with Gasteiger partial charge in [0.05, 0.1) is 28.0 Å². The minimum absolute atomic E-state index is 0.660. The van der Waals surface area contributed by atoms with E-state index in [1.165, 1.54) is 16.5 Å². The molecule has 0 bridgehead atoms. The minimum Gasteiger partial charge on any atom is -0.455 e. The van der Waals surface area contributed by atoms with E-state index in [2.05, 4.69) is 176 Å². The van der Waals surface area contributed by atoms with E-state index >= 15 is 0 Å². The lowest BCUT2D eigenvalue weighted by Gasteiger charge is -2.12. The second kappa shape index (κ2) is 13.6. The Morgan fingerprint density at radius 2 is 0.895 bits per heavy atom. The smallest absolute Gasteiger partial charge is 0.160 e. The highest BCUT2D eigenvalue weighted by molar-refractivity contribution is 6.21. The zero-order chi connectivity index (χ0) is 37.7. The van der Waals surface area contributed by atoms with Gasteiger partial charge in [0.1, 0.15) is 11.2 Å². The van der Waals surface area contributed by atoms with Crippen LogP contribution in [-0.2, 0) is 0 Å². The van der Waals surface area contributed by atoms with Gasteiger partial charge in [0.25, 0.3) is 0 Å². The molecule has 0 aliphatic rings. The van der Waals surface area contributed by atoms with Crippen molar-refractivity contribution >= 4 is 43.6 Å². The molecule has 3 aromatic heterocycles. The molecule has 4 heteroatoms. The van der Waals surface area contributed by atoms with Crippen molar-refractivity contribution in [2.24, 2.45) is 0 Å². The number of hydrogen-bond acceptors (Lipinski definition) is 4. The summed E-state index contributed by atoms with van der Waals surface area (Å²) in [4.78, 5) is 15.8. The van der Waals surface area contributed by atoms with Crippen molar-refractivity contribution in [3.05, 3.63) is 200 Å². The number of para-hydroxylation sites is 1. The number of fused-ring (bicyclic) bond motifs is 6. The average molecular weight is 728 g/mol. The third-order valence-electron chi connectivity index (χ3n) is 10.9. The highest BCUT2D eigenvalue weighted by Gasteiger charge is 2.20. The van der Waals surface area contributed by atoms with Crippen LogP contribution in [0.25, 0.3) is 111 Å². The monoisotopic (exact) mass is 727 g/mol. The lowest BCUT2D eigenvalue weighted by Crippen LogP contribution is -1.96. The van der Waals surface area contributed by atoms with E-state index in [0.717, 1.165) is 88.7 Å². The molecule has 266 valence electrons. The Bertz CT molecular complexity index is 3160. The zero-order valence-corrected chi connectivity index (χ0v) is 30.8. The van der Waals surface area contributed by atoms with Gasteiger partial charge in [-0.2, -0.15) is 0 Å². The topological polar surface area (TPSA) is 51.8 Å². The van der Waals surface area contributed by atoms with E-state index in [-0.39, 0.29) is 0 Å². The van der Waals surface area contributed by atoms with Crippen LogP contribution in [0.1, 0.15) is 0 Å². The molecular formula is C53H33N3O. The van der Waals surface area contributed by atoms with Crippen molar-refractivity contribution in [2.75, 3.05) is 0 Å². The summed E-state index contributed by atoms with van der Waals surface area (Å²) in [6.45, 7) is 0. The fourth-order valence-corrected chi connectivity index (χ4v) is 8.03. The van der Waals surface area contributed by atoms with Crippen LogP contribution in [0.5, 0.6) is 0 Å². The second-order valence-electron chi connectivity index (χ2n) is 14.4.